The minimum absolute atomic E-state index is 0.167. The molecular weight excluding hydrogens is 353 g/mol. The normalized spacial score (nSPS) is 19.7. The van der Waals surface area contributed by atoms with Crippen molar-refractivity contribution in [2.24, 2.45) is 11.7 Å². The summed E-state index contributed by atoms with van der Waals surface area (Å²) in [5, 5.41) is 0. The molecule has 2 N–H and O–H groups in total. The topological polar surface area (TPSA) is 52.3 Å². The molecule has 1 aliphatic heterocycles. The average molecular weight is 373 g/mol. The van der Waals surface area contributed by atoms with Crippen LogP contribution in [0.4, 0.5) is 0 Å². The number of nitrogens with two attached hydrogens (primary N) is 1. The maximum absolute atomic E-state index is 12.4. The van der Waals surface area contributed by atoms with E-state index >= 15 is 0 Å². The van der Waals surface area contributed by atoms with Gasteiger partial charge >= 0.3 is 131 Å². The van der Waals surface area contributed by atoms with Gasteiger partial charge in [-0.05, 0) is 0 Å². The number of carbonyl (C=O) groups is 1. The number of hydrogen-bond acceptors (Lipinski definition) is 2. The summed E-state index contributed by atoms with van der Waals surface area (Å²) in [6, 6.07) is 7.78. The second kappa shape index (κ2) is 6.17. The monoisotopic (exact) mass is 373 g/mol. The van der Waals surface area contributed by atoms with Crippen LogP contribution in [-0.2, 0) is 10.2 Å². The van der Waals surface area contributed by atoms with Crippen LogP contribution >= 0.6 is 0 Å². The number of methoxy groups -OCH3 is 1. The molecule has 0 spiro atoms. The number of amides is 1. The van der Waals surface area contributed by atoms with Crippen molar-refractivity contribution >= 4 is 32.1 Å². The van der Waals surface area contributed by atoms with Crippen LogP contribution < -0.4 is 10.5 Å². The molecule has 1 aliphatic rings. The Morgan fingerprint density at radius 2 is 2.00 bits per heavy atom. The summed E-state index contributed by atoms with van der Waals surface area (Å²) in [6.45, 7) is 4.17. The summed E-state index contributed by atoms with van der Waals surface area (Å²) < 4.78 is 7.79. The van der Waals surface area contributed by atoms with E-state index in [0.29, 0.717) is 3.67 Å². The molecule has 1 heterocycles. The Hall–Kier alpha value is -1.03. The van der Waals surface area contributed by atoms with E-state index < -0.39 is 27.8 Å². The zero-order valence-electron chi connectivity index (χ0n) is 12.2. The molecule has 0 bridgehead atoms. The fraction of sp³-hybridized carbons (Fsp3) is 0.375. The SMILES string of the molecule is COc1ccc(C(C(N)=O)(C(C)C)[CH]2C=C[CH]=[In]2)cc1. The molecule has 1 aromatic rings. The van der Waals surface area contributed by atoms with Crippen molar-refractivity contribution in [3.8, 4) is 5.75 Å². The second-order valence-corrected chi connectivity index (χ2v) is 9.66. The van der Waals surface area contributed by atoms with Crippen LogP contribution in [0.5, 0.6) is 5.75 Å². The van der Waals surface area contributed by atoms with Gasteiger partial charge in [0.1, 0.15) is 0 Å². The van der Waals surface area contributed by atoms with E-state index in [-0.39, 0.29) is 11.8 Å². The number of hydrogen-bond donors (Lipinski definition) is 1. The van der Waals surface area contributed by atoms with Crippen molar-refractivity contribution in [1.82, 2.24) is 0 Å². The van der Waals surface area contributed by atoms with Crippen LogP contribution in [-0.4, -0.2) is 39.2 Å². The molecule has 0 aliphatic carbocycles. The molecule has 2 atom stereocenters. The summed E-state index contributed by atoms with van der Waals surface area (Å²) in [6.07, 6.45) is 4.28. The Balaban J connectivity index is 2.57. The van der Waals surface area contributed by atoms with E-state index in [2.05, 4.69) is 29.8 Å². The van der Waals surface area contributed by atoms with Crippen molar-refractivity contribution in [3.05, 3.63) is 42.0 Å². The molecule has 3 nitrogen and oxygen atoms in total. The summed E-state index contributed by atoms with van der Waals surface area (Å²) in [7, 11) is 1.64. The van der Waals surface area contributed by atoms with Crippen molar-refractivity contribution in [2.45, 2.75) is 22.9 Å². The third kappa shape index (κ3) is 2.46. The van der Waals surface area contributed by atoms with Crippen molar-refractivity contribution in [1.29, 1.82) is 0 Å². The number of allylic oxidation sites excluding steroid dienone is 2. The molecule has 104 valence electrons. The standard InChI is InChI=1S/C16H20NO2.In/c1-5-6-11-16(12(2)3,15(17)18)13-7-9-14(19-4)10-8-13;/h1,5-12H,2-4H3,(H2,17,18);. The first kappa shape index (κ1) is 15.4. The van der Waals surface area contributed by atoms with Gasteiger partial charge in [-0.1, -0.05) is 0 Å². The molecular formula is C16H20InNO2. The summed E-state index contributed by atoms with van der Waals surface area (Å²) in [5.41, 5.74) is 6.29. The Labute approximate surface area is 131 Å². The van der Waals surface area contributed by atoms with Crippen LogP contribution in [0.25, 0.3) is 0 Å². The Bertz CT molecular complexity index is 536. The van der Waals surface area contributed by atoms with E-state index in [0.717, 1.165) is 11.3 Å². The molecule has 0 saturated heterocycles. The zero-order chi connectivity index (χ0) is 14.8. The third-order valence-electron chi connectivity index (χ3n) is 4.16. The van der Waals surface area contributed by atoms with Gasteiger partial charge in [0, 0.05) is 0 Å². The van der Waals surface area contributed by atoms with Crippen LogP contribution in [0, 0.1) is 5.92 Å². The number of benzene rings is 1. The van der Waals surface area contributed by atoms with E-state index in [1.165, 1.54) is 0 Å². The molecule has 0 aromatic heterocycles. The molecule has 4 heteroatoms. The Kier molecular flexibility index (Phi) is 4.74. The maximum atomic E-state index is 12.4. The average Bonchev–Trinajstić information content (AvgIpc) is 2.94. The molecule has 0 radical (unpaired) electrons. The van der Waals surface area contributed by atoms with Gasteiger partial charge < -0.3 is 0 Å². The van der Waals surface area contributed by atoms with Gasteiger partial charge in [0.05, 0.1) is 0 Å². The predicted octanol–water partition coefficient (Wildman–Crippen LogP) is 1.94. The first-order valence-corrected chi connectivity index (χ1v) is 10.6. The Morgan fingerprint density at radius 1 is 1.35 bits per heavy atom. The van der Waals surface area contributed by atoms with Crippen LogP contribution in [0.1, 0.15) is 19.4 Å². The quantitative estimate of drug-likeness (QED) is 0.858. The minimum atomic E-state index is -0.943. The molecule has 2 rings (SSSR count). The van der Waals surface area contributed by atoms with E-state index in [4.69, 9.17) is 10.5 Å². The van der Waals surface area contributed by atoms with Gasteiger partial charge in [0.25, 0.3) is 0 Å². The van der Waals surface area contributed by atoms with E-state index in [1.54, 1.807) is 7.11 Å². The second-order valence-electron chi connectivity index (χ2n) is 5.41. The zero-order valence-corrected chi connectivity index (χ0v) is 15.5. The van der Waals surface area contributed by atoms with Gasteiger partial charge in [0.2, 0.25) is 0 Å². The van der Waals surface area contributed by atoms with Gasteiger partial charge in [-0.15, -0.1) is 0 Å². The van der Waals surface area contributed by atoms with E-state index in [1.807, 2.05) is 24.3 Å². The van der Waals surface area contributed by atoms with Gasteiger partial charge in [0.15, 0.2) is 0 Å². The number of carbonyl (C=O) groups excluding carboxylic acids is 1. The van der Waals surface area contributed by atoms with Crippen molar-refractivity contribution < 1.29 is 9.53 Å². The molecule has 2 unspecified atom stereocenters. The van der Waals surface area contributed by atoms with Crippen LogP contribution in [0.3, 0.4) is 0 Å². The Morgan fingerprint density at radius 3 is 2.40 bits per heavy atom. The number of ether oxygens (including phenoxy) is 1. The predicted molar refractivity (Wildman–Crippen MR) is 83.4 cm³/mol. The first-order chi connectivity index (χ1) is 9.53. The van der Waals surface area contributed by atoms with Crippen molar-refractivity contribution in [2.75, 3.05) is 7.11 Å². The summed E-state index contributed by atoms with van der Waals surface area (Å²) in [4.78, 5) is 12.4. The first-order valence-electron chi connectivity index (χ1n) is 6.83. The van der Waals surface area contributed by atoms with Crippen LogP contribution in [0.15, 0.2) is 36.4 Å². The molecule has 0 fully saturated rings. The van der Waals surface area contributed by atoms with Crippen LogP contribution in [0.2, 0.25) is 3.67 Å². The fourth-order valence-corrected chi connectivity index (χ4v) is 8.24. The number of primary amides is 1. The van der Waals surface area contributed by atoms with Crippen molar-refractivity contribution in [3.63, 3.8) is 0 Å². The summed E-state index contributed by atoms with van der Waals surface area (Å²) in [5.74, 6) is 0.751. The number of rotatable bonds is 5. The van der Waals surface area contributed by atoms with E-state index in [9.17, 15) is 4.79 Å². The molecule has 20 heavy (non-hydrogen) atoms. The summed E-state index contributed by atoms with van der Waals surface area (Å²) >= 11 is -0.943. The van der Waals surface area contributed by atoms with Gasteiger partial charge in [-0.3, -0.25) is 0 Å². The fourth-order valence-electron chi connectivity index (χ4n) is 3.10. The molecule has 1 aromatic carbocycles. The van der Waals surface area contributed by atoms with Gasteiger partial charge in [-0.2, -0.15) is 0 Å². The molecule has 0 saturated carbocycles. The third-order valence-corrected chi connectivity index (χ3v) is 8.75. The molecule has 1 amide bonds. The van der Waals surface area contributed by atoms with Gasteiger partial charge in [-0.25, -0.2) is 0 Å².